The molecule has 37 heavy (non-hydrogen) atoms. The summed E-state index contributed by atoms with van der Waals surface area (Å²) in [7, 11) is 0. The molecule has 0 spiro atoms. The van der Waals surface area contributed by atoms with Gasteiger partial charge in [0.1, 0.15) is 24.3 Å². The summed E-state index contributed by atoms with van der Waals surface area (Å²) >= 11 is 0. The molecule has 3 aromatic rings. The van der Waals surface area contributed by atoms with Crippen LogP contribution in [0.3, 0.4) is 0 Å². The number of fused-ring (bicyclic) bond motifs is 1. The zero-order chi connectivity index (χ0) is 26.3. The summed E-state index contributed by atoms with van der Waals surface area (Å²) in [6, 6.07) is 13.4. The van der Waals surface area contributed by atoms with Crippen LogP contribution in [0.15, 0.2) is 54.6 Å². The number of para-hydroxylation sites is 1. The summed E-state index contributed by atoms with van der Waals surface area (Å²) in [6.07, 6.45) is 2.08. The number of ether oxygens (including phenoxy) is 3. The van der Waals surface area contributed by atoms with Crippen molar-refractivity contribution in [1.82, 2.24) is 9.66 Å². The second-order valence-electron chi connectivity index (χ2n) is 9.22. The lowest BCUT2D eigenvalue weighted by atomic mass is 10.1. The number of hydrogen-bond acceptors (Lipinski definition) is 8. The number of aromatic nitrogens is 2. The van der Waals surface area contributed by atoms with Crippen LogP contribution in [-0.4, -0.2) is 50.8 Å². The standard InChI is InChI=1S/C26H26N4O7/c1-16-24(25(31)32)29-23(27-16)13-12-21(28(29)17-8-10-18(11-9-17)30(33)34)20-6-4-5-7-22(20)35-14-19-15-36-26(2,3)37-19/h4-12,19H,13-15H2,1-3H3,(H,31,32). The summed E-state index contributed by atoms with van der Waals surface area (Å²) in [6.45, 7) is 6.01. The number of nitrogens with zero attached hydrogens (tertiary/aromatic N) is 4. The Kier molecular flexibility index (Phi) is 6.18. The number of carbonyl (C=O) groups is 1. The van der Waals surface area contributed by atoms with E-state index in [0.29, 0.717) is 47.2 Å². The van der Waals surface area contributed by atoms with Gasteiger partial charge in [0.15, 0.2) is 11.5 Å². The van der Waals surface area contributed by atoms with E-state index < -0.39 is 16.7 Å². The predicted molar refractivity (Wildman–Crippen MR) is 133 cm³/mol. The summed E-state index contributed by atoms with van der Waals surface area (Å²) in [5.41, 5.74) is 2.21. The van der Waals surface area contributed by atoms with E-state index in [1.807, 2.05) is 44.2 Å². The molecule has 0 bridgehead atoms. The average molecular weight is 507 g/mol. The molecule has 0 saturated carbocycles. The highest BCUT2D eigenvalue weighted by Crippen LogP contribution is 2.38. The van der Waals surface area contributed by atoms with Crippen molar-refractivity contribution < 1.29 is 29.0 Å². The van der Waals surface area contributed by atoms with Crippen LogP contribution < -0.4 is 9.75 Å². The Balaban J connectivity index is 1.57. The fourth-order valence-electron chi connectivity index (χ4n) is 4.58. The van der Waals surface area contributed by atoms with E-state index in [9.17, 15) is 20.0 Å². The summed E-state index contributed by atoms with van der Waals surface area (Å²) in [4.78, 5) is 27.5. The molecule has 192 valence electrons. The molecule has 1 aromatic heterocycles. The minimum Gasteiger partial charge on any atom is -0.490 e. The van der Waals surface area contributed by atoms with E-state index in [1.54, 1.807) is 28.7 Å². The monoisotopic (exact) mass is 506 g/mol. The minimum absolute atomic E-state index is 0.0103. The number of aryl methyl sites for hydroxylation is 1. The highest BCUT2D eigenvalue weighted by Gasteiger charge is 2.34. The fraction of sp³-hybridized carbons (Fsp3) is 0.308. The van der Waals surface area contributed by atoms with Gasteiger partial charge in [0, 0.05) is 24.1 Å². The molecule has 0 aliphatic carbocycles. The van der Waals surface area contributed by atoms with Gasteiger partial charge in [-0.2, -0.15) is 0 Å². The van der Waals surface area contributed by atoms with E-state index in [0.717, 1.165) is 0 Å². The Bertz CT molecular complexity index is 1390. The van der Waals surface area contributed by atoms with Crippen molar-refractivity contribution in [3.8, 4) is 5.75 Å². The topological polar surface area (TPSA) is 129 Å². The number of nitro groups is 1. The van der Waals surface area contributed by atoms with Crippen molar-refractivity contribution in [3.63, 3.8) is 0 Å². The van der Waals surface area contributed by atoms with Gasteiger partial charge in [-0.25, -0.2) is 19.5 Å². The Morgan fingerprint density at radius 3 is 2.62 bits per heavy atom. The zero-order valence-corrected chi connectivity index (χ0v) is 20.6. The number of carboxylic acids is 1. The molecule has 1 atom stereocenters. The third kappa shape index (κ3) is 4.66. The SMILES string of the molecule is Cc1nc2n(c1C(=O)O)N(c1ccc([N+](=O)[O-])cc1)C(c1ccccc1OCC1COC(C)(C)O1)=CC2. The van der Waals surface area contributed by atoms with Crippen LogP contribution in [0, 0.1) is 17.0 Å². The van der Waals surface area contributed by atoms with E-state index in [1.165, 1.54) is 12.1 Å². The molecule has 0 amide bonds. The maximum absolute atomic E-state index is 12.2. The number of aromatic carboxylic acids is 1. The van der Waals surface area contributed by atoms with E-state index >= 15 is 0 Å². The maximum Gasteiger partial charge on any atom is 0.356 e. The van der Waals surface area contributed by atoms with Crippen LogP contribution in [-0.2, 0) is 15.9 Å². The predicted octanol–water partition coefficient (Wildman–Crippen LogP) is 4.20. The van der Waals surface area contributed by atoms with Gasteiger partial charge in [0.05, 0.1) is 28.6 Å². The van der Waals surface area contributed by atoms with E-state index in [4.69, 9.17) is 14.2 Å². The zero-order valence-electron chi connectivity index (χ0n) is 20.6. The summed E-state index contributed by atoms with van der Waals surface area (Å²) < 4.78 is 19.2. The fourth-order valence-corrected chi connectivity index (χ4v) is 4.58. The van der Waals surface area contributed by atoms with Crippen LogP contribution in [0.5, 0.6) is 5.75 Å². The van der Waals surface area contributed by atoms with E-state index in [2.05, 4.69) is 4.98 Å². The summed E-state index contributed by atoms with van der Waals surface area (Å²) in [5, 5.41) is 22.9. The van der Waals surface area contributed by atoms with Crippen LogP contribution >= 0.6 is 0 Å². The normalized spacial score (nSPS) is 18.3. The Morgan fingerprint density at radius 1 is 1.24 bits per heavy atom. The molecule has 1 fully saturated rings. The number of rotatable bonds is 7. The first-order chi connectivity index (χ1) is 17.6. The lowest BCUT2D eigenvalue weighted by Crippen LogP contribution is -2.35. The third-order valence-electron chi connectivity index (χ3n) is 6.16. The van der Waals surface area contributed by atoms with Crippen molar-refractivity contribution in [2.75, 3.05) is 18.2 Å². The van der Waals surface area contributed by atoms with Gasteiger partial charge in [0.2, 0.25) is 0 Å². The van der Waals surface area contributed by atoms with Crippen molar-refractivity contribution in [2.45, 2.75) is 39.1 Å². The molecule has 1 unspecified atom stereocenters. The number of nitro benzene ring substituents is 1. The molecule has 1 N–H and O–H groups in total. The first-order valence-electron chi connectivity index (χ1n) is 11.7. The average Bonchev–Trinajstić information content (AvgIpc) is 3.39. The van der Waals surface area contributed by atoms with Crippen molar-refractivity contribution in [1.29, 1.82) is 0 Å². The minimum atomic E-state index is -1.13. The molecule has 2 aliphatic heterocycles. The molecule has 2 aromatic carbocycles. The first kappa shape index (κ1) is 24.5. The lowest BCUT2D eigenvalue weighted by Gasteiger charge is -2.34. The largest absolute Gasteiger partial charge is 0.490 e. The van der Waals surface area contributed by atoms with Gasteiger partial charge in [-0.15, -0.1) is 0 Å². The Morgan fingerprint density at radius 2 is 1.97 bits per heavy atom. The van der Waals surface area contributed by atoms with Gasteiger partial charge in [-0.3, -0.25) is 10.1 Å². The number of imidazole rings is 1. The number of carboxylic acid groups (broad SMARTS) is 1. The molecular formula is C26H26N4O7. The van der Waals surface area contributed by atoms with E-state index in [-0.39, 0.29) is 24.1 Å². The molecule has 2 aliphatic rings. The van der Waals surface area contributed by atoms with Crippen LogP contribution in [0.4, 0.5) is 11.4 Å². The van der Waals surface area contributed by atoms with Crippen molar-refractivity contribution in [3.05, 3.63) is 87.5 Å². The Labute approximate surface area is 212 Å². The van der Waals surface area contributed by atoms with Gasteiger partial charge >= 0.3 is 5.97 Å². The van der Waals surface area contributed by atoms with Gasteiger partial charge in [0.25, 0.3) is 5.69 Å². The molecule has 3 heterocycles. The quantitative estimate of drug-likeness (QED) is 0.370. The highest BCUT2D eigenvalue weighted by atomic mass is 16.7. The molecule has 1 saturated heterocycles. The molecule has 11 heteroatoms. The number of hydrogen-bond donors (Lipinski definition) is 1. The van der Waals surface area contributed by atoms with Crippen LogP contribution in [0.2, 0.25) is 0 Å². The van der Waals surface area contributed by atoms with Crippen LogP contribution in [0.25, 0.3) is 5.70 Å². The molecule has 0 radical (unpaired) electrons. The van der Waals surface area contributed by atoms with Gasteiger partial charge in [-0.05, 0) is 45.0 Å². The van der Waals surface area contributed by atoms with Crippen molar-refractivity contribution in [2.24, 2.45) is 0 Å². The lowest BCUT2D eigenvalue weighted by molar-refractivity contribution is -0.384. The maximum atomic E-state index is 12.2. The Hall–Kier alpha value is -4.22. The smallest absolute Gasteiger partial charge is 0.356 e. The number of allylic oxidation sites excluding steroid dienone is 1. The third-order valence-corrected chi connectivity index (χ3v) is 6.16. The first-order valence-corrected chi connectivity index (χ1v) is 11.7. The number of benzene rings is 2. The number of non-ortho nitro benzene ring substituents is 1. The summed E-state index contributed by atoms with van der Waals surface area (Å²) in [5.74, 6) is -0.690. The van der Waals surface area contributed by atoms with Gasteiger partial charge in [-0.1, -0.05) is 18.2 Å². The molecule has 5 rings (SSSR count). The van der Waals surface area contributed by atoms with Crippen LogP contribution in [0.1, 0.15) is 41.4 Å². The molecule has 11 nitrogen and oxygen atoms in total. The second kappa shape index (κ2) is 9.34. The molecular weight excluding hydrogens is 480 g/mol. The number of anilines is 1. The van der Waals surface area contributed by atoms with Gasteiger partial charge < -0.3 is 19.3 Å². The second-order valence-corrected chi connectivity index (χ2v) is 9.22. The van der Waals surface area contributed by atoms with Crippen molar-refractivity contribution >= 4 is 23.0 Å². The highest BCUT2D eigenvalue weighted by molar-refractivity contribution is 5.90.